The van der Waals surface area contributed by atoms with E-state index in [1.165, 1.54) is 153 Å². The first kappa shape index (κ1) is 44.1. The smallest absolute Gasteiger partial charge is 0.0996 e. The number of ether oxygens (including phenoxy) is 3. The molecule has 0 rings (SSSR count). The van der Waals surface area contributed by atoms with E-state index in [-0.39, 0.29) is 13.2 Å². The Morgan fingerprint density at radius 2 is 0.733 bits per heavy atom. The first-order chi connectivity index (χ1) is 22.3. The highest BCUT2D eigenvalue weighted by Gasteiger charge is 2.06. The zero-order chi connectivity index (χ0) is 32.7. The SMILES string of the molecule is CCCCCCCC/C(=C\CCCCCCCCOCCO)O/C(=C/CCCCCCCCOCCO)CCCCCCCC. The summed E-state index contributed by atoms with van der Waals surface area (Å²) in [7, 11) is 0. The van der Waals surface area contributed by atoms with Crippen LogP contribution in [0.5, 0.6) is 0 Å². The van der Waals surface area contributed by atoms with Gasteiger partial charge in [0.25, 0.3) is 0 Å². The Hall–Kier alpha value is -0.880. The molecule has 0 atom stereocenters. The zero-order valence-corrected chi connectivity index (χ0v) is 30.3. The Kier molecular flexibility index (Phi) is 38.5. The number of hydrogen-bond acceptors (Lipinski definition) is 5. The molecule has 0 fully saturated rings. The van der Waals surface area contributed by atoms with Crippen molar-refractivity contribution in [3.05, 3.63) is 23.7 Å². The number of aliphatic hydroxyl groups excluding tert-OH is 2. The molecule has 0 amide bonds. The molecule has 0 unspecified atom stereocenters. The van der Waals surface area contributed by atoms with Crippen molar-refractivity contribution in [3.8, 4) is 0 Å². The summed E-state index contributed by atoms with van der Waals surface area (Å²) in [6.07, 6.45) is 40.0. The number of unbranched alkanes of at least 4 members (excludes halogenated alkanes) is 22. The van der Waals surface area contributed by atoms with Crippen molar-refractivity contribution in [2.45, 2.75) is 194 Å². The lowest BCUT2D eigenvalue weighted by atomic mass is 10.1. The Bertz CT molecular complexity index is 566. The first-order valence-electron chi connectivity index (χ1n) is 19.7. The fourth-order valence-electron chi connectivity index (χ4n) is 5.69. The molecular weight excluding hydrogens is 560 g/mol. The molecule has 0 aliphatic heterocycles. The molecule has 5 nitrogen and oxygen atoms in total. The minimum absolute atomic E-state index is 0.124. The van der Waals surface area contributed by atoms with Crippen LogP contribution in [0.2, 0.25) is 0 Å². The quantitative estimate of drug-likeness (QED) is 0.0520. The van der Waals surface area contributed by atoms with Gasteiger partial charge in [-0.2, -0.15) is 0 Å². The van der Waals surface area contributed by atoms with Crippen LogP contribution in [0.15, 0.2) is 23.7 Å². The number of allylic oxidation sites excluding steroid dienone is 4. The van der Waals surface area contributed by atoms with Crippen LogP contribution < -0.4 is 0 Å². The third kappa shape index (κ3) is 35.8. The molecular formula is C40H78O5. The predicted molar refractivity (Wildman–Crippen MR) is 194 cm³/mol. The van der Waals surface area contributed by atoms with E-state index >= 15 is 0 Å². The zero-order valence-electron chi connectivity index (χ0n) is 30.3. The normalized spacial score (nSPS) is 12.4. The van der Waals surface area contributed by atoms with Gasteiger partial charge in [0, 0.05) is 26.1 Å². The summed E-state index contributed by atoms with van der Waals surface area (Å²) in [5.74, 6) is 2.46. The molecule has 0 bridgehead atoms. The lowest BCUT2D eigenvalue weighted by molar-refractivity contribution is 0.0895. The van der Waals surface area contributed by atoms with Crippen LogP contribution in [0.25, 0.3) is 0 Å². The molecule has 2 N–H and O–H groups in total. The van der Waals surface area contributed by atoms with Gasteiger partial charge < -0.3 is 24.4 Å². The molecule has 0 heterocycles. The first-order valence-corrected chi connectivity index (χ1v) is 19.7. The molecule has 0 radical (unpaired) electrons. The van der Waals surface area contributed by atoms with E-state index in [0.29, 0.717) is 13.2 Å². The van der Waals surface area contributed by atoms with Gasteiger partial charge >= 0.3 is 0 Å². The fraction of sp³-hybridized carbons (Fsp3) is 0.900. The van der Waals surface area contributed by atoms with Crippen LogP contribution in [0.4, 0.5) is 0 Å². The molecule has 45 heavy (non-hydrogen) atoms. The second kappa shape index (κ2) is 39.3. The highest BCUT2D eigenvalue weighted by atomic mass is 16.5. The van der Waals surface area contributed by atoms with E-state index in [1.807, 2.05) is 0 Å². The van der Waals surface area contributed by atoms with Gasteiger partial charge in [0.1, 0.15) is 0 Å². The number of rotatable bonds is 38. The van der Waals surface area contributed by atoms with E-state index in [2.05, 4.69) is 26.0 Å². The van der Waals surface area contributed by atoms with Crippen molar-refractivity contribution >= 4 is 0 Å². The van der Waals surface area contributed by atoms with E-state index in [0.717, 1.165) is 51.7 Å². The van der Waals surface area contributed by atoms with E-state index in [4.69, 9.17) is 24.4 Å². The Morgan fingerprint density at radius 3 is 1.11 bits per heavy atom. The van der Waals surface area contributed by atoms with E-state index in [1.54, 1.807) is 0 Å². The van der Waals surface area contributed by atoms with Crippen LogP contribution in [-0.2, 0) is 14.2 Å². The van der Waals surface area contributed by atoms with E-state index in [9.17, 15) is 0 Å². The van der Waals surface area contributed by atoms with Crippen LogP contribution in [0.1, 0.15) is 194 Å². The summed E-state index contributed by atoms with van der Waals surface area (Å²) in [5, 5.41) is 17.6. The summed E-state index contributed by atoms with van der Waals surface area (Å²) in [6.45, 7) is 7.32. The Labute approximate surface area is 281 Å². The molecule has 0 spiro atoms. The minimum Gasteiger partial charge on any atom is -0.467 e. The molecule has 0 aliphatic carbocycles. The lowest BCUT2D eigenvalue weighted by Crippen LogP contribution is -2.00. The maximum Gasteiger partial charge on any atom is 0.0996 e. The lowest BCUT2D eigenvalue weighted by Gasteiger charge is -2.15. The van der Waals surface area contributed by atoms with Crippen LogP contribution in [0, 0.1) is 0 Å². The summed E-state index contributed by atoms with van der Waals surface area (Å²) in [5.41, 5.74) is 0. The third-order valence-electron chi connectivity index (χ3n) is 8.52. The molecule has 0 saturated heterocycles. The topological polar surface area (TPSA) is 68.2 Å². The van der Waals surface area contributed by atoms with Gasteiger partial charge in [-0.05, 0) is 63.5 Å². The average Bonchev–Trinajstić information content (AvgIpc) is 3.05. The molecule has 0 aliphatic rings. The van der Waals surface area contributed by atoms with Crippen molar-refractivity contribution in [1.82, 2.24) is 0 Å². The standard InChI is InChI=1S/C40H78O5/c1-3-5-7-9-17-23-29-39(31-25-19-13-11-15-21-27-35-43-37-33-41)45-40(30-24-18-10-8-6-4-2)32-26-20-14-12-16-22-28-36-44-38-34-42/h31-32,41-42H,3-30,33-38H2,1-2H3/b39-31+,40-32+. The minimum atomic E-state index is 0.124. The van der Waals surface area contributed by atoms with Gasteiger partial charge in [-0.1, -0.05) is 129 Å². The van der Waals surface area contributed by atoms with Crippen molar-refractivity contribution in [2.24, 2.45) is 0 Å². The van der Waals surface area contributed by atoms with Crippen molar-refractivity contribution in [1.29, 1.82) is 0 Å². The molecule has 0 saturated carbocycles. The van der Waals surface area contributed by atoms with Gasteiger partial charge in [-0.3, -0.25) is 0 Å². The fourth-order valence-corrected chi connectivity index (χ4v) is 5.69. The molecule has 5 heteroatoms. The Morgan fingerprint density at radius 1 is 0.400 bits per heavy atom. The Balaban J connectivity index is 4.77. The molecule has 268 valence electrons. The summed E-state index contributed by atoms with van der Waals surface area (Å²) in [4.78, 5) is 0. The van der Waals surface area contributed by atoms with Crippen LogP contribution in [-0.4, -0.2) is 49.9 Å². The van der Waals surface area contributed by atoms with Crippen LogP contribution in [0.3, 0.4) is 0 Å². The van der Waals surface area contributed by atoms with Crippen LogP contribution >= 0.6 is 0 Å². The average molecular weight is 639 g/mol. The summed E-state index contributed by atoms with van der Waals surface area (Å²) in [6, 6.07) is 0. The molecule has 0 aromatic carbocycles. The maximum absolute atomic E-state index is 8.80. The number of aliphatic hydroxyl groups is 2. The van der Waals surface area contributed by atoms with Gasteiger partial charge in [0.15, 0.2) is 0 Å². The van der Waals surface area contributed by atoms with Crippen molar-refractivity contribution in [3.63, 3.8) is 0 Å². The van der Waals surface area contributed by atoms with Crippen molar-refractivity contribution in [2.75, 3.05) is 39.6 Å². The highest BCUT2D eigenvalue weighted by molar-refractivity contribution is 5.02. The van der Waals surface area contributed by atoms with Gasteiger partial charge in [-0.25, -0.2) is 0 Å². The number of hydrogen-bond donors (Lipinski definition) is 2. The van der Waals surface area contributed by atoms with Crippen molar-refractivity contribution < 1.29 is 24.4 Å². The second-order valence-corrected chi connectivity index (χ2v) is 13.0. The third-order valence-corrected chi connectivity index (χ3v) is 8.52. The van der Waals surface area contributed by atoms with E-state index < -0.39 is 0 Å². The largest absolute Gasteiger partial charge is 0.467 e. The summed E-state index contributed by atoms with van der Waals surface area (Å²) < 4.78 is 17.5. The summed E-state index contributed by atoms with van der Waals surface area (Å²) >= 11 is 0. The predicted octanol–water partition coefficient (Wildman–Crippen LogP) is 11.8. The van der Waals surface area contributed by atoms with Gasteiger partial charge in [0.2, 0.25) is 0 Å². The van der Waals surface area contributed by atoms with Gasteiger partial charge in [0.05, 0.1) is 37.9 Å². The maximum atomic E-state index is 8.80. The monoisotopic (exact) mass is 639 g/mol. The molecule has 0 aromatic rings. The molecule has 0 aromatic heterocycles. The second-order valence-electron chi connectivity index (χ2n) is 13.0. The van der Waals surface area contributed by atoms with Gasteiger partial charge in [-0.15, -0.1) is 0 Å². The highest BCUT2D eigenvalue weighted by Crippen LogP contribution is 2.23.